The lowest BCUT2D eigenvalue weighted by molar-refractivity contribution is -0.111. The van der Waals surface area contributed by atoms with E-state index in [-0.39, 0.29) is 5.91 Å². The first kappa shape index (κ1) is 19.8. The maximum atomic E-state index is 12.1. The minimum atomic E-state index is -0.284. The molecule has 0 saturated heterocycles. The third-order valence-electron chi connectivity index (χ3n) is 3.16. The number of hydrogen-bond donors (Lipinski definition) is 1. The van der Waals surface area contributed by atoms with Crippen molar-refractivity contribution in [2.45, 2.75) is 6.92 Å². The molecule has 7 heteroatoms. The van der Waals surface area contributed by atoms with Crippen LogP contribution < -0.4 is 14.8 Å². The third-order valence-corrected chi connectivity index (χ3v) is 4.55. The van der Waals surface area contributed by atoms with Gasteiger partial charge in [-0.2, -0.15) is 0 Å². The number of hydrogen-bond acceptors (Lipinski definition) is 3. The number of rotatable bonds is 6. The quantitative estimate of drug-likeness (QED) is 0.512. The Kier molecular flexibility index (Phi) is 7.35. The summed E-state index contributed by atoms with van der Waals surface area (Å²) >= 11 is 12.9. The summed E-state index contributed by atoms with van der Waals surface area (Å²) in [6.07, 6.45) is 3.12. The van der Waals surface area contributed by atoms with E-state index in [4.69, 9.17) is 21.1 Å². The smallest absolute Gasteiger partial charge is 0.248 e. The molecule has 1 N–H and O–H groups in total. The molecule has 0 saturated carbocycles. The summed E-state index contributed by atoms with van der Waals surface area (Å²) in [5, 5.41) is 3.20. The second kappa shape index (κ2) is 9.27. The Bertz CT molecular complexity index is 809. The van der Waals surface area contributed by atoms with E-state index < -0.39 is 0 Å². The summed E-state index contributed by atoms with van der Waals surface area (Å²) < 4.78 is 12.5. The molecular weight excluding hydrogens is 473 g/mol. The lowest BCUT2D eigenvalue weighted by Gasteiger charge is -2.12. The Morgan fingerprint density at radius 2 is 2.04 bits per heavy atom. The molecule has 0 unspecified atom stereocenters. The Balaban J connectivity index is 2.15. The van der Waals surface area contributed by atoms with Crippen molar-refractivity contribution in [2.24, 2.45) is 0 Å². The zero-order chi connectivity index (χ0) is 18.4. The van der Waals surface area contributed by atoms with Crippen LogP contribution in [0.5, 0.6) is 11.5 Å². The summed E-state index contributed by atoms with van der Waals surface area (Å²) in [5.41, 5.74) is 1.34. The second-order valence-electron chi connectivity index (χ2n) is 4.91. The van der Waals surface area contributed by atoms with E-state index in [2.05, 4.69) is 37.2 Å². The highest BCUT2D eigenvalue weighted by atomic mass is 79.9. The van der Waals surface area contributed by atoms with Crippen LogP contribution in [0.25, 0.3) is 6.08 Å². The van der Waals surface area contributed by atoms with E-state index in [0.717, 1.165) is 14.5 Å². The van der Waals surface area contributed by atoms with Gasteiger partial charge < -0.3 is 14.8 Å². The molecule has 25 heavy (non-hydrogen) atoms. The molecule has 0 aliphatic rings. The molecule has 0 aliphatic carbocycles. The van der Waals surface area contributed by atoms with Crippen LogP contribution in [0.3, 0.4) is 0 Å². The van der Waals surface area contributed by atoms with Gasteiger partial charge in [0.2, 0.25) is 5.91 Å². The zero-order valence-corrected chi connectivity index (χ0v) is 17.5. The van der Waals surface area contributed by atoms with E-state index >= 15 is 0 Å². The first-order valence-electron chi connectivity index (χ1n) is 7.39. The number of carbonyl (C=O) groups excluding carboxylic acids is 1. The number of anilines is 1. The molecule has 4 nitrogen and oxygen atoms in total. The molecule has 0 aromatic heterocycles. The standard InChI is InChI=1S/C18H16Br2ClNO3/c1-3-25-18-13(20)8-11(9-16(18)24-2)4-7-17(23)22-15-6-5-12(19)10-14(15)21/h4-10H,3H2,1-2H3,(H,22,23)/b7-4+. The SMILES string of the molecule is CCOc1c(Br)cc(/C=C/C(=O)Nc2ccc(Br)cc2Cl)cc1OC. The molecule has 2 rings (SSSR count). The molecular formula is C18H16Br2ClNO3. The van der Waals surface area contributed by atoms with E-state index in [0.29, 0.717) is 28.8 Å². The minimum absolute atomic E-state index is 0.284. The van der Waals surface area contributed by atoms with E-state index in [9.17, 15) is 4.79 Å². The molecule has 0 aliphatic heterocycles. The van der Waals surface area contributed by atoms with Crippen molar-refractivity contribution in [1.29, 1.82) is 0 Å². The average molecular weight is 490 g/mol. The van der Waals surface area contributed by atoms with Gasteiger partial charge in [-0.15, -0.1) is 0 Å². The van der Waals surface area contributed by atoms with E-state index in [1.807, 2.05) is 13.0 Å². The minimum Gasteiger partial charge on any atom is -0.493 e. The lowest BCUT2D eigenvalue weighted by atomic mass is 10.2. The van der Waals surface area contributed by atoms with E-state index in [1.54, 1.807) is 37.5 Å². The van der Waals surface area contributed by atoms with Crippen LogP contribution in [0, 0.1) is 0 Å². The van der Waals surface area contributed by atoms with Crippen LogP contribution in [-0.4, -0.2) is 19.6 Å². The highest BCUT2D eigenvalue weighted by Crippen LogP contribution is 2.37. The Hall–Kier alpha value is -1.50. The van der Waals surface area contributed by atoms with Crippen molar-refractivity contribution in [3.8, 4) is 11.5 Å². The van der Waals surface area contributed by atoms with Gasteiger partial charge >= 0.3 is 0 Å². The van der Waals surface area contributed by atoms with Crippen LogP contribution >= 0.6 is 43.5 Å². The van der Waals surface area contributed by atoms with Gasteiger partial charge in [-0.05, 0) is 64.8 Å². The number of carbonyl (C=O) groups is 1. The predicted octanol–water partition coefficient (Wildman–Crippen LogP) is 5.92. The van der Waals surface area contributed by atoms with Gasteiger partial charge in [0.25, 0.3) is 0 Å². The molecule has 2 aromatic carbocycles. The molecule has 0 heterocycles. The van der Waals surface area contributed by atoms with Gasteiger partial charge in [0.05, 0.1) is 28.9 Å². The van der Waals surface area contributed by atoms with Gasteiger partial charge in [-0.3, -0.25) is 4.79 Å². The van der Waals surface area contributed by atoms with Gasteiger partial charge in [0, 0.05) is 10.5 Å². The van der Waals surface area contributed by atoms with E-state index in [1.165, 1.54) is 6.08 Å². The molecule has 0 spiro atoms. The number of methoxy groups -OCH3 is 1. The summed E-state index contributed by atoms with van der Waals surface area (Å²) in [6.45, 7) is 2.43. The molecule has 0 fully saturated rings. The van der Waals surface area contributed by atoms with Crippen molar-refractivity contribution in [3.05, 3.63) is 55.9 Å². The van der Waals surface area contributed by atoms with Gasteiger partial charge in [0.1, 0.15) is 0 Å². The monoisotopic (exact) mass is 487 g/mol. The zero-order valence-electron chi connectivity index (χ0n) is 13.6. The average Bonchev–Trinajstić information content (AvgIpc) is 2.57. The molecule has 0 radical (unpaired) electrons. The van der Waals surface area contributed by atoms with Crippen LogP contribution in [0.4, 0.5) is 5.69 Å². The molecule has 132 valence electrons. The number of amides is 1. The number of benzene rings is 2. The molecule has 2 aromatic rings. The van der Waals surface area contributed by atoms with Crippen molar-refractivity contribution in [1.82, 2.24) is 0 Å². The van der Waals surface area contributed by atoms with Crippen molar-refractivity contribution >= 4 is 61.1 Å². The summed E-state index contributed by atoms with van der Waals surface area (Å²) in [7, 11) is 1.57. The second-order valence-corrected chi connectivity index (χ2v) is 7.09. The molecule has 1 amide bonds. The highest BCUT2D eigenvalue weighted by molar-refractivity contribution is 9.10. The van der Waals surface area contributed by atoms with Crippen molar-refractivity contribution < 1.29 is 14.3 Å². The molecule has 0 bridgehead atoms. The topological polar surface area (TPSA) is 47.6 Å². The first-order valence-corrected chi connectivity index (χ1v) is 9.35. The summed E-state index contributed by atoms with van der Waals surface area (Å²) in [6, 6.07) is 8.90. The van der Waals surface area contributed by atoms with Gasteiger partial charge in [0.15, 0.2) is 11.5 Å². The highest BCUT2D eigenvalue weighted by Gasteiger charge is 2.10. The van der Waals surface area contributed by atoms with Gasteiger partial charge in [-0.1, -0.05) is 27.5 Å². The molecule has 0 atom stereocenters. The van der Waals surface area contributed by atoms with Crippen molar-refractivity contribution in [2.75, 3.05) is 19.0 Å². The Morgan fingerprint density at radius 3 is 2.68 bits per heavy atom. The van der Waals surface area contributed by atoms with Crippen LogP contribution in [0.15, 0.2) is 45.4 Å². The van der Waals surface area contributed by atoms with Crippen LogP contribution in [-0.2, 0) is 4.79 Å². The fourth-order valence-electron chi connectivity index (χ4n) is 2.06. The van der Waals surface area contributed by atoms with Crippen molar-refractivity contribution in [3.63, 3.8) is 0 Å². The predicted molar refractivity (Wildman–Crippen MR) is 109 cm³/mol. The summed E-state index contributed by atoms with van der Waals surface area (Å²) in [5.74, 6) is 0.939. The normalized spacial score (nSPS) is 10.8. The Labute approximate surface area is 168 Å². The number of halogens is 3. The number of nitrogens with one attached hydrogen (secondary N) is 1. The maximum Gasteiger partial charge on any atom is 0.248 e. The van der Waals surface area contributed by atoms with Gasteiger partial charge in [-0.25, -0.2) is 0 Å². The first-order chi connectivity index (χ1) is 11.9. The fraction of sp³-hybridized carbons (Fsp3) is 0.167. The number of ether oxygens (including phenoxy) is 2. The third kappa shape index (κ3) is 5.49. The fourth-order valence-corrected chi connectivity index (χ4v) is 3.35. The van der Waals surface area contributed by atoms with Crippen LogP contribution in [0.2, 0.25) is 5.02 Å². The van der Waals surface area contributed by atoms with Crippen LogP contribution in [0.1, 0.15) is 12.5 Å². The maximum absolute atomic E-state index is 12.1. The Morgan fingerprint density at radius 1 is 1.28 bits per heavy atom. The largest absolute Gasteiger partial charge is 0.493 e. The summed E-state index contributed by atoms with van der Waals surface area (Å²) in [4.78, 5) is 12.1. The lowest BCUT2D eigenvalue weighted by Crippen LogP contribution is -2.08.